The van der Waals surface area contributed by atoms with E-state index < -0.39 is 10.8 Å². The lowest BCUT2D eigenvalue weighted by molar-refractivity contribution is -0.113. The highest BCUT2D eigenvalue weighted by molar-refractivity contribution is 14.1. The van der Waals surface area contributed by atoms with Crippen molar-refractivity contribution in [1.29, 1.82) is 0 Å². The number of carbonyl (C=O) groups is 1. The lowest BCUT2D eigenvalue weighted by Gasteiger charge is -2.10. The molecule has 2 aromatic carbocycles. The van der Waals surface area contributed by atoms with E-state index in [0.29, 0.717) is 15.6 Å². The number of hydrogen-bond acceptors (Lipinski definition) is 2. The number of carbonyl (C=O) groups excluding carboxylic acids is 1. The average molecular weight is 482 g/mol. The van der Waals surface area contributed by atoms with E-state index in [9.17, 15) is 9.00 Å². The zero-order valence-corrected chi connectivity index (χ0v) is 16.7. The molecule has 0 saturated heterocycles. The Kier molecular flexibility index (Phi) is 6.88. The molecule has 2 rings (SSSR count). The Bertz CT molecular complexity index is 747. The largest absolute Gasteiger partial charge is 0.325 e. The SMILES string of the molecule is Cc1cc(I)ccc1NC(=O)CS(=O)Cc1c(Cl)cccc1Cl. The monoisotopic (exact) mass is 481 g/mol. The Labute approximate surface area is 161 Å². The van der Waals surface area contributed by atoms with Crippen molar-refractivity contribution in [3.05, 3.63) is 61.1 Å². The van der Waals surface area contributed by atoms with Gasteiger partial charge in [0, 0.05) is 35.7 Å². The standard InChI is InChI=1S/C16H14Cl2INO2S/c1-10-7-11(19)5-6-15(10)20-16(21)9-23(22)8-12-13(17)3-2-4-14(12)18/h2-7H,8-9H2,1H3,(H,20,21). The molecule has 0 fully saturated rings. The van der Waals surface area contributed by atoms with Crippen LogP contribution in [0.25, 0.3) is 0 Å². The summed E-state index contributed by atoms with van der Waals surface area (Å²) in [5, 5.41) is 3.70. The molecular weight excluding hydrogens is 468 g/mol. The zero-order chi connectivity index (χ0) is 17.0. The number of anilines is 1. The van der Waals surface area contributed by atoms with Crippen LogP contribution < -0.4 is 5.32 Å². The number of aryl methyl sites for hydroxylation is 1. The summed E-state index contributed by atoms with van der Waals surface area (Å²) in [4.78, 5) is 12.0. The van der Waals surface area contributed by atoms with E-state index in [-0.39, 0.29) is 17.4 Å². The van der Waals surface area contributed by atoms with E-state index >= 15 is 0 Å². The van der Waals surface area contributed by atoms with Gasteiger partial charge in [0.2, 0.25) is 5.91 Å². The van der Waals surface area contributed by atoms with Crippen molar-refractivity contribution in [2.75, 3.05) is 11.1 Å². The Morgan fingerprint density at radius 2 is 1.87 bits per heavy atom. The van der Waals surface area contributed by atoms with Crippen molar-refractivity contribution in [2.45, 2.75) is 12.7 Å². The third kappa shape index (κ3) is 5.45. The van der Waals surface area contributed by atoms with Crippen LogP contribution in [0.5, 0.6) is 0 Å². The number of rotatable bonds is 5. The quantitative estimate of drug-likeness (QED) is 0.624. The Morgan fingerprint density at radius 3 is 2.48 bits per heavy atom. The maximum atomic E-state index is 12.2. The van der Waals surface area contributed by atoms with Crippen molar-refractivity contribution >= 4 is 68.2 Å². The van der Waals surface area contributed by atoms with Gasteiger partial charge in [0.15, 0.2) is 0 Å². The van der Waals surface area contributed by atoms with Gasteiger partial charge in [-0.25, -0.2) is 0 Å². The molecule has 0 aliphatic heterocycles. The summed E-state index contributed by atoms with van der Waals surface area (Å²) in [6.07, 6.45) is 0. The van der Waals surface area contributed by atoms with Crippen LogP contribution >= 0.6 is 45.8 Å². The first-order valence-corrected chi connectivity index (χ1v) is 10.0. The second kappa shape index (κ2) is 8.46. The first-order valence-electron chi connectivity index (χ1n) is 6.70. The first kappa shape index (κ1) is 18.7. The van der Waals surface area contributed by atoms with E-state index in [1.165, 1.54) is 0 Å². The molecular formula is C16H14Cl2INO2S. The van der Waals surface area contributed by atoms with Gasteiger partial charge in [-0.15, -0.1) is 0 Å². The van der Waals surface area contributed by atoms with Gasteiger partial charge >= 0.3 is 0 Å². The molecule has 0 aromatic heterocycles. The Morgan fingerprint density at radius 1 is 1.22 bits per heavy atom. The maximum absolute atomic E-state index is 12.2. The summed E-state index contributed by atoms with van der Waals surface area (Å²) in [7, 11) is -1.39. The van der Waals surface area contributed by atoms with Crippen LogP contribution in [0.2, 0.25) is 10.0 Å². The smallest absolute Gasteiger partial charge is 0.237 e. The van der Waals surface area contributed by atoms with Gasteiger partial charge in [0.25, 0.3) is 0 Å². The molecule has 23 heavy (non-hydrogen) atoms. The lowest BCUT2D eigenvalue weighted by atomic mass is 10.2. The molecule has 0 radical (unpaired) electrons. The van der Waals surface area contributed by atoms with Gasteiger partial charge in [-0.3, -0.25) is 9.00 Å². The minimum absolute atomic E-state index is 0.104. The lowest BCUT2D eigenvalue weighted by Crippen LogP contribution is -2.20. The third-order valence-corrected chi connectivity index (χ3v) is 5.70. The molecule has 7 heteroatoms. The van der Waals surface area contributed by atoms with E-state index in [1.807, 2.05) is 25.1 Å². The number of amides is 1. The van der Waals surface area contributed by atoms with Crippen LogP contribution in [0.15, 0.2) is 36.4 Å². The molecule has 1 atom stereocenters. The first-order chi connectivity index (χ1) is 10.9. The van der Waals surface area contributed by atoms with Crippen LogP contribution in [0.4, 0.5) is 5.69 Å². The molecule has 3 nitrogen and oxygen atoms in total. The summed E-state index contributed by atoms with van der Waals surface area (Å²) in [5.41, 5.74) is 2.29. The zero-order valence-electron chi connectivity index (χ0n) is 12.2. The highest BCUT2D eigenvalue weighted by atomic mass is 127. The van der Waals surface area contributed by atoms with Gasteiger partial charge in [0.05, 0.1) is 5.75 Å². The van der Waals surface area contributed by atoms with Crippen molar-refractivity contribution in [3.63, 3.8) is 0 Å². The molecule has 0 aliphatic carbocycles. The van der Waals surface area contributed by atoms with Crippen molar-refractivity contribution < 1.29 is 9.00 Å². The number of nitrogens with one attached hydrogen (secondary N) is 1. The fraction of sp³-hybridized carbons (Fsp3) is 0.188. The van der Waals surface area contributed by atoms with Crippen LogP contribution in [0.3, 0.4) is 0 Å². The van der Waals surface area contributed by atoms with Gasteiger partial charge in [-0.2, -0.15) is 0 Å². The van der Waals surface area contributed by atoms with Crippen LogP contribution in [-0.2, 0) is 21.3 Å². The molecule has 0 bridgehead atoms. The van der Waals surface area contributed by atoms with E-state index in [0.717, 1.165) is 14.8 Å². The Hall–Kier alpha value is -0.630. The van der Waals surface area contributed by atoms with E-state index in [2.05, 4.69) is 27.9 Å². The molecule has 0 spiro atoms. The molecule has 0 aliphatic rings. The molecule has 1 N–H and O–H groups in total. The highest BCUT2D eigenvalue weighted by Crippen LogP contribution is 2.25. The fourth-order valence-electron chi connectivity index (χ4n) is 1.98. The normalized spacial score (nSPS) is 12.0. The van der Waals surface area contributed by atoms with E-state index in [1.54, 1.807) is 18.2 Å². The van der Waals surface area contributed by atoms with Gasteiger partial charge < -0.3 is 5.32 Å². The van der Waals surface area contributed by atoms with Crippen molar-refractivity contribution in [1.82, 2.24) is 0 Å². The minimum Gasteiger partial charge on any atom is -0.325 e. The predicted octanol–water partition coefficient (Wildman–Crippen LogP) is 4.79. The van der Waals surface area contributed by atoms with E-state index in [4.69, 9.17) is 23.2 Å². The molecule has 2 aromatic rings. The molecule has 122 valence electrons. The summed E-state index contributed by atoms with van der Waals surface area (Å²) >= 11 is 14.3. The summed E-state index contributed by atoms with van der Waals surface area (Å²) in [5.74, 6) is -0.249. The van der Waals surface area contributed by atoms with Crippen LogP contribution in [0.1, 0.15) is 11.1 Å². The third-order valence-electron chi connectivity index (χ3n) is 3.12. The van der Waals surface area contributed by atoms with Crippen LogP contribution in [0, 0.1) is 10.5 Å². The predicted molar refractivity (Wildman–Crippen MR) is 106 cm³/mol. The second-order valence-corrected chi connectivity index (χ2v) is 8.45. The van der Waals surface area contributed by atoms with Gasteiger partial charge in [-0.1, -0.05) is 29.3 Å². The van der Waals surface area contributed by atoms with Crippen molar-refractivity contribution in [2.24, 2.45) is 0 Å². The van der Waals surface area contributed by atoms with Gasteiger partial charge in [-0.05, 0) is 65.4 Å². The Balaban J connectivity index is 1.99. The average Bonchev–Trinajstić information content (AvgIpc) is 2.46. The number of benzene rings is 2. The molecule has 0 heterocycles. The molecule has 1 unspecified atom stereocenters. The minimum atomic E-state index is -1.39. The number of halogens is 3. The van der Waals surface area contributed by atoms with Crippen molar-refractivity contribution in [3.8, 4) is 0 Å². The number of hydrogen-bond donors (Lipinski definition) is 1. The molecule has 0 saturated carbocycles. The van der Waals surface area contributed by atoms with Crippen LogP contribution in [-0.4, -0.2) is 15.9 Å². The fourth-order valence-corrected chi connectivity index (χ4v) is 4.42. The highest BCUT2D eigenvalue weighted by Gasteiger charge is 2.14. The summed E-state index contributed by atoms with van der Waals surface area (Å²) < 4.78 is 13.3. The summed E-state index contributed by atoms with van der Waals surface area (Å²) in [6, 6.07) is 10.8. The second-order valence-electron chi connectivity index (χ2n) is 4.94. The summed E-state index contributed by atoms with van der Waals surface area (Å²) in [6.45, 7) is 1.91. The molecule has 1 amide bonds. The van der Waals surface area contributed by atoms with Gasteiger partial charge in [0.1, 0.15) is 5.75 Å². The topological polar surface area (TPSA) is 46.2 Å². The maximum Gasteiger partial charge on any atom is 0.237 e.